The lowest BCUT2D eigenvalue weighted by Gasteiger charge is -2.09. The molecule has 0 spiro atoms. The highest BCUT2D eigenvalue weighted by molar-refractivity contribution is 7.84. The van der Waals surface area contributed by atoms with Crippen LogP contribution in [-0.4, -0.2) is 27.8 Å². The SMILES string of the molecule is CCNc1ccc(C(=O)Nc2cccc(S(C)=O)c2)cc1[N+](=O)[O-]. The summed E-state index contributed by atoms with van der Waals surface area (Å²) in [4.78, 5) is 23.5. The van der Waals surface area contributed by atoms with Gasteiger partial charge in [0.25, 0.3) is 11.6 Å². The van der Waals surface area contributed by atoms with Gasteiger partial charge >= 0.3 is 0 Å². The lowest BCUT2D eigenvalue weighted by molar-refractivity contribution is -0.384. The van der Waals surface area contributed by atoms with E-state index in [-0.39, 0.29) is 11.3 Å². The Morgan fingerprint density at radius 3 is 2.62 bits per heavy atom. The summed E-state index contributed by atoms with van der Waals surface area (Å²) < 4.78 is 11.5. The molecule has 0 aromatic heterocycles. The second-order valence-electron chi connectivity index (χ2n) is 4.96. The number of rotatable bonds is 6. The lowest BCUT2D eigenvalue weighted by Crippen LogP contribution is -2.13. The third-order valence-electron chi connectivity index (χ3n) is 3.25. The molecule has 126 valence electrons. The molecule has 0 saturated carbocycles. The van der Waals surface area contributed by atoms with Crippen LogP contribution in [0.15, 0.2) is 47.4 Å². The van der Waals surface area contributed by atoms with E-state index in [1.165, 1.54) is 18.2 Å². The molecule has 7 nitrogen and oxygen atoms in total. The molecule has 0 aliphatic heterocycles. The number of hydrogen-bond acceptors (Lipinski definition) is 5. The largest absolute Gasteiger partial charge is 0.380 e. The van der Waals surface area contributed by atoms with Crippen molar-refractivity contribution >= 4 is 33.8 Å². The molecular formula is C16H17N3O4S. The molecule has 1 unspecified atom stereocenters. The topological polar surface area (TPSA) is 101 Å². The van der Waals surface area contributed by atoms with Gasteiger partial charge in [0.2, 0.25) is 0 Å². The highest BCUT2D eigenvalue weighted by Gasteiger charge is 2.17. The summed E-state index contributed by atoms with van der Waals surface area (Å²) >= 11 is 0. The number of amides is 1. The Bertz CT molecular complexity index is 808. The van der Waals surface area contributed by atoms with E-state index in [9.17, 15) is 19.1 Å². The van der Waals surface area contributed by atoms with Crippen molar-refractivity contribution in [2.24, 2.45) is 0 Å². The van der Waals surface area contributed by atoms with Crippen LogP contribution in [0.25, 0.3) is 0 Å². The second-order valence-corrected chi connectivity index (χ2v) is 6.34. The van der Waals surface area contributed by atoms with Crippen molar-refractivity contribution in [1.29, 1.82) is 0 Å². The van der Waals surface area contributed by atoms with E-state index < -0.39 is 21.6 Å². The van der Waals surface area contributed by atoms with E-state index >= 15 is 0 Å². The number of nitrogens with zero attached hydrogens (tertiary/aromatic N) is 1. The number of anilines is 2. The predicted octanol–water partition coefficient (Wildman–Crippen LogP) is 3.02. The smallest absolute Gasteiger partial charge is 0.293 e. The van der Waals surface area contributed by atoms with Gasteiger partial charge in [0.15, 0.2) is 0 Å². The summed E-state index contributed by atoms with van der Waals surface area (Å²) in [5.74, 6) is -0.472. The number of carbonyl (C=O) groups excluding carboxylic acids is 1. The maximum atomic E-state index is 12.3. The first kappa shape index (κ1) is 17.6. The maximum absolute atomic E-state index is 12.3. The average Bonchev–Trinajstić information content (AvgIpc) is 2.55. The molecule has 0 heterocycles. The van der Waals surface area contributed by atoms with Crippen molar-refractivity contribution in [2.75, 3.05) is 23.4 Å². The van der Waals surface area contributed by atoms with Crippen LogP contribution in [0.4, 0.5) is 17.1 Å². The Morgan fingerprint density at radius 1 is 1.25 bits per heavy atom. The van der Waals surface area contributed by atoms with E-state index in [4.69, 9.17) is 0 Å². The van der Waals surface area contributed by atoms with Gasteiger partial charge in [-0.2, -0.15) is 0 Å². The molecule has 2 aromatic carbocycles. The molecule has 2 N–H and O–H groups in total. The fraction of sp³-hybridized carbons (Fsp3) is 0.188. The number of nitrogens with one attached hydrogen (secondary N) is 2. The van der Waals surface area contributed by atoms with Crippen LogP contribution in [0.3, 0.4) is 0 Å². The number of benzene rings is 2. The Labute approximate surface area is 141 Å². The van der Waals surface area contributed by atoms with Crippen LogP contribution in [-0.2, 0) is 10.8 Å². The van der Waals surface area contributed by atoms with Crippen molar-refractivity contribution in [2.45, 2.75) is 11.8 Å². The van der Waals surface area contributed by atoms with Gasteiger partial charge in [-0.05, 0) is 37.3 Å². The van der Waals surface area contributed by atoms with Gasteiger partial charge in [0, 0.05) is 45.8 Å². The first-order valence-electron chi connectivity index (χ1n) is 7.19. The van der Waals surface area contributed by atoms with Gasteiger partial charge in [-0.3, -0.25) is 19.1 Å². The lowest BCUT2D eigenvalue weighted by atomic mass is 10.1. The zero-order chi connectivity index (χ0) is 17.7. The molecule has 24 heavy (non-hydrogen) atoms. The molecule has 0 radical (unpaired) electrons. The van der Waals surface area contributed by atoms with Gasteiger partial charge in [-0.1, -0.05) is 6.07 Å². The van der Waals surface area contributed by atoms with Gasteiger partial charge in [0.1, 0.15) is 5.69 Å². The second kappa shape index (κ2) is 7.69. The summed E-state index contributed by atoms with van der Waals surface area (Å²) in [6, 6.07) is 10.9. The zero-order valence-electron chi connectivity index (χ0n) is 13.2. The van der Waals surface area contributed by atoms with Crippen molar-refractivity contribution in [3.63, 3.8) is 0 Å². The average molecular weight is 347 g/mol. The van der Waals surface area contributed by atoms with Crippen LogP contribution in [0.2, 0.25) is 0 Å². The normalized spacial score (nSPS) is 11.6. The van der Waals surface area contributed by atoms with Gasteiger partial charge in [0.05, 0.1) is 4.92 Å². The molecule has 2 rings (SSSR count). The molecule has 0 aliphatic carbocycles. The van der Waals surface area contributed by atoms with Crippen LogP contribution in [0, 0.1) is 10.1 Å². The third-order valence-corrected chi connectivity index (χ3v) is 4.17. The molecule has 1 atom stereocenters. The maximum Gasteiger partial charge on any atom is 0.293 e. The van der Waals surface area contributed by atoms with Crippen LogP contribution < -0.4 is 10.6 Å². The molecule has 0 fully saturated rings. The van der Waals surface area contributed by atoms with Crippen LogP contribution in [0.5, 0.6) is 0 Å². The van der Waals surface area contributed by atoms with E-state index in [1.54, 1.807) is 30.5 Å². The Hall–Kier alpha value is -2.74. The summed E-state index contributed by atoms with van der Waals surface area (Å²) in [6.45, 7) is 2.36. The van der Waals surface area contributed by atoms with Crippen molar-refractivity contribution in [3.8, 4) is 0 Å². The summed E-state index contributed by atoms with van der Waals surface area (Å²) in [5, 5.41) is 16.7. The standard InChI is InChI=1S/C16H17N3O4S/c1-3-17-14-8-7-11(9-15(14)19(21)22)16(20)18-12-5-4-6-13(10-12)24(2)23/h4-10,17H,3H2,1-2H3,(H,18,20). The Kier molecular flexibility index (Phi) is 5.64. The highest BCUT2D eigenvalue weighted by Crippen LogP contribution is 2.26. The molecular weight excluding hydrogens is 330 g/mol. The van der Waals surface area contributed by atoms with E-state index in [0.29, 0.717) is 22.8 Å². The predicted molar refractivity (Wildman–Crippen MR) is 94.0 cm³/mol. The quantitative estimate of drug-likeness (QED) is 0.618. The Morgan fingerprint density at radius 2 is 2.00 bits per heavy atom. The van der Waals surface area contributed by atoms with Crippen molar-refractivity contribution in [1.82, 2.24) is 0 Å². The fourth-order valence-corrected chi connectivity index (χ4v) is 2.68. The summed E-state index contributed by atoms with van der Waals surface area (Å²) in [7, 11) is -1.16. The monoisotopic (exact) mass is 347 g/mol. The molecule has 0 bridgehead atoms. The van der Waals surface area contributed by atoms with Crippen LogP contribution in [0.1, 0.15) is 17.3 Å². The van der Waals surface area contributed by atoms with Gasteiger partial charge in [-0.25, -0.2) is 0 Å². The first-order valence-corrected chi connectivity index (χ1v) is 8.75. The van der Waals surface area contributed by atoms with Crippen LogP contribution >= 0.6 is 0 Å². The van der Waals surface area contributed by atoms with Crippen molar-refractivity contribution in [3.05, 3.63) is 58.1 Å². The van der Waals surface area contributed by atoms with E-state index in [1.807, 2.05) is 6.92 Å². The summed E-state index contributed by atoms with van der Waals surface area (Å²) in [6.07, 6.45) is 1.55. The molecule has 0 aliphatic rings. The number of nitro groups is 1. The fourth-order valence-electron chi connectivity index (χ4n) is 2.12. The zero-order valence-corrected chi connectivity index (χ0v) is 14.1. The minimum absolute atomic E-state index is 0.159. The third kappa shape index (κ3) is 4.17. The minimum atomic E-state index is -1.16. The van der Waals surface area contributed by atoms with Crippen molar-refractivity contribution < 1.29 is 13.9 Å². The van der Waals surface area contributed by atoms with Gasteiger partial charge in [-0.15, -0.1) is 0 Å². The molecule has 8 heteroatoms. The number of nitro benzene ring substituents is 1. The molecule has 2 aromatic rings. The first-order chi connectivity index (χ1) is 11.4. The molecule has 1 amide bonds. The van der Waals surface area contributed by atoms with Gasteiger partial charge < -0.3 is 10.6 Å². The Balaban J connectivity index is 2.26. The highest BCUT2D eigenvalue weighted by atomic mass is 32.2. The van der Waals surface area contributed by atoms with E-state index in [0.717, 1.165) is 0 Å². The minimum Gasteiger partial charge on any atom is -0.380 e. The van der Waals surface area contributed by atoms with E-state index in [2.05, 4.69) is 10.6 Å². The molecule has 0 saturated heterocycles. The number of hydrogen-bond donors (Lipinski definition) is 2. The summed E-state index contributed by atoms with van der Waals surface area (Å²) in [5.41, 5.74) is 0.854. The number of carbonyl (C=O) groups is 1.